The summed E-state index contributed by atoms with van der Waals surface area (Å²) in [6.07, 6.45) is 3.56. The van der Waals surface area contributed by atoms with Gasteiger partial charge in [-0.15, -0.1) is 0 Å². The molecule has 0 saturated carbocycles. The molecule has 1 aliphatic rings. The van der Waals surface area contributed by atoms with Crippen molar-refractivity contribution in [1.29, 1.82) is 0 Å². The summed E-state index contributed by atoms with van der Waals surface area (Å²) in [6.45, 7) is 7.31. The van der Waals surface area contributed by atoms with E-state index in [-0.39, 0.29) is 4.90 Å². The van der Waals surface area contributed by atoms with Crippen LogP contribution in [0.4, 0.5) is 5.69 Å². The fraction of sp³-hybridized carbons (Fsp3) is 0.297. The van der Waals surface area contributed by atoms with Crippen LogP contribution in [0, 0.1) is 6.92 Å². The van der Waals surface area contributed by atoms with Crippen LogP contribution in [0.2, 0.25) is 0 Å². The lowest BCUT2D eigenvalue weighted by atomic mass is 10.1. The van der Waals surface area contributed by atoms with Crippen LogP contribution in [0.1, 0.15) is 16.7 Å². The number of hydrogen-bond donors (Lipinski definition) is 1. The van der Waals surface area contributed by atoms with Crippen LogP contribution in [0.25, 0.3) is 33.3 Å². The largest absolute Gasteiger partial charge is 0.491 e. The smallest absolute Gasteiger partial charge is 0.269 e. The molecule has 1 fully saturated rings. The maximum atomic E-state index is 14.5. The number of anilines is 1. The summed E-state index contributed by atoms with van der Waals surface area (Å²) >= 11 is 0. The average Bonchev–Trinajstić information content (AvgIpc) is 3.66. The van der Waals surface area contributed by atoms with E-state index in [1.807, 2.05) is 42.9 Å². The quantitative estimate of drug-likeness (QED) is 0.209. The van der Waals surface area contributed by atoms with Gasteiger partial charge >= 0.3 is 0 Å². The maximum Gasteiger partial charge on any atom is 0.269 e. The summed E-state index contributed by atoms with van der Waals surface area (Å²) in [7, 11) is 3.08. The van der Waals surface area contributed by atoms with Crippen molar-refractivity contribution in [1.82, 2.24) is 28.7 Å². The first-order chi connectivity index (χ1) is 23.7. The Morgan fingerprint density at radius 2 is 1.61 bits per heavy atom. The molecule has 7 rings (SSSR count). The summed E-state index contributed by atoms with van der Waals surface area (Å²) in [6, 6.07) is 21.3. The molecule has 254 valence electrons. The predicted molar refractivity (Wildman–Crippen MR) is 193 cm³/mol. The van der Waals surface area contributed by atoms with E-state index in [2.05, 4.69) is 51.4 Å². The monoisotopic (exact) mass is 679 g/mol. The molecule has 1 aliphatic heterocycles. The van der Waals surface area contributed by atoms with E-state index in [0.717, 1.165) is 48.2 Å². The number of likely N-dealkylation sites (N-methyl/N-ethyl adjacent to an activating group) is 1. The highest BCUT2D eigenvalue weighted by atomic mass is 32.2. The number of ether oxygens (including phenoxy) is 2. The number of nitrogens with zero attached hydrogens (tertiary/aromatic N) is 6. The minimum Gasteiger partial charge on any atom is -0.491 e. The Morgan fingerprint density at radius 3 is 2.31 bits per heavy atom. The standard InChI is InChI=1S/C37H41N7O4S/c1-25-6-12-29(13-7-25)49(45,46)44-32(31-24-42(3)33-21-34(47-4)37(48-5)40-35(31)33)20-30-27(14-15-39-36(30)44)23-38-22-26-8-10-28(11-9-26)43-18-16-41(2)17-19-43/h6-15,20-21,24,38H,16-19,22-23H2,1-5H3. The van der Waals surface area contributed by atoms with Crippen LogP contribution in [-0.4, -0.2) is 79.3 Å². The molecule has 12 heteroatoms. The van der Waals surface area contributed by atoms with Crippen molar-refractivity contribution in [2.75, 3.05) is 52.3 Å². The minimum atomic E-state index is -4.07. The number of aryl methyl sites for hydroxylation is 2. The van der Waals surface area contributed by atoms with Gasteiger partial charge in [-0.1, -0.05) is 29.8 Å². The summed E-state index contributed by atoms with van der Waals surface area (Å²) < 4.78 is 43.2. The van der Waals surface area contributed by atoms with Gasteiger partial charge < -0.3 is 29.2 Å². The van der Waals surface area contributed by atoms with Crippen molar-refractivity contribution in [3.63, 3.8) is 0 Å². The second-order valence-corrected chi connectivity index (χ2v) is 14.4. The molecule has 0 amide bonds. The Labute approximate surface area is 286 Å². The van der Waals surface area contributed by atoms with Gasteiger partial charge in [0.15, 0.2) is 11.4 Å². The third kappa shape index (κ3) is 6.11. The Kier molecular flexibility index (Phi) is 8.78. The Bertz CT molecular complexity index is 2240. The van der Waals surface area contributed by atoms with Crippen LogP contribution >= 0.6 is 0 Å². The Balaban J connectivity index is 1.27. The van der Waals surface area contributed by atoms with Crippen molar-refractivity contribution in [2.45, 2.75) is 24.9 Å². The van der Waals surface area contributed by atoms with Gasteiger partial charge in [0.2, 0.25) is 0 Å². The molecule has 0 atom stereocenters. The highest BCUT2D eigenvalue weighted by molar-refractivity contribution is 7.90. The molecular formula is C37H41N7O4S. The SMILES string of the molecule is COc1cc2c(nc1OC)c(-c1cc3c(CNCc4ccc(N5CCN(C)CC5)cc4)ccnc3n1S(=O)(=O)c1ccc(C)cc1)cn2C. The number of aromatic nitrogens is 4. The van der Waals surface area contributed by atoms with E-state index in [1.165, 1.54) is 22.3 Å². The lowest BCUT2D eigenvalue weighted by molar-refractivity contribution is 0.313. The zero-order valence-corrected chi connectivity index (χ0v) is 29.3. The number of nitrogens with one attached hydrogen (secondary N) is 1. The zero-order chi connectivity index (χ0) is 34.3. The molecule has 1 saturated heterocycles. The molecule has 4 aromatic heterocycles. The van der Waals surface area contributed by atoms with Crippen molar-refractivity contribution in [2.24, 2.45) is 7.05 Å². The van der Waals surface area contributed by atoms with Gasteiger partial charge in [0.25, 0.3) is 15.9 Å². The first-order valence-electron chi connectivity index (χ1n) is 16.3. The second kappa shape index (κ2) is 13.2. The number of methoxy groups -OCH3 is 2. The fourth-order valence-corrected chi connectivity index (χ4v) is 7.97. The Hall–Kier alpha value is -4.91. The summed E-state index contributed by atoms with van der Waals surface area (Å²) in [4.78, 5) is 14.4. The molecule has 6 aromatic rings. The fourth-order valence-electron chi connectivity index (χ4n) is 6.50. The number of benzene rings is 2. The number of hydrogen-bond acceptors (Lipinski definition) is 9. The molecule has 11 nitrogen and oxygen atoms in total. The van der Waals surface area contributed by atoms with Gasteiger partial charge in [0, 0.05) is 81.4 Å². The Morgan fingerprint density at radius 1 is 0.878 bits per heavy atom. The molecule has 0 unspecified atom stereocenters. The van der Waals surface area contributed by atoms with Crippen LogP contribution in [0.3, 0.4) is 0 Å². The first kappa shape index (κ1) is 32.6. The van der Waals surface area contributed by atoms with E-state index >= 15 is 0 Å². The van der Waals surface area contributed by atoms with Gasteiger partial charge in [0.05, 0.1) is 30.3 Å². The maximum absolute atomic E-state index is 14.5. The van der Waals surface area contributed by atoms with Crippen molar-refractivity contribution >= 4 is 37.8 Å². The molecule has 0 bridgehead atoms. The van der Waals surface area contributed by atoms with Crippen LogP contribution < -0.4 is 19.7 Å². The summed E-state index contributed by atoms with van der Waals surface area (Å²) in [5, 5.41) is 4.31. The van der Waals surface area contributed by atoms with Crippen molar-refractivity contribution < 1.29 is 17.9 Å². The molecular weight excluding hydrogens is 639 g/mol. The molecule has 0 spiro atoms. The van der Waals surface area contributed by atoms with Crippen LogP contribution in [-0.2, 0) is 30.2 Å². The van der Waals surface area contributed by atoms with Gasteiger partial charge in [-0.05, 0) is 61.5 Å². The van der Waals surface area contributed by atoms with E-state index in [1.54, 1.807) is 37.6 Å². The third-order valence-electron chi connectivity index (χ3n) is 9.34. The van der Waals surface area contributed by atoms with E-state index in [9.17, 15) is 8.42 Å². The number of piperazine rings is 1. The van der Waals surface area contributed by atoms with E-state index < -0.39 is 10.0 Å². The van der Waals surface area contributed by atoms with Crippen molar-refractivity contribution in [3.8, 4) is 22.9 Å². The van der Waals surface area contributed by atoms with Crippen molar-refractivity contribution in [3.05, 3.63) is 95.8 Å². The topological polar surface area (TPSA) is 107 Å². The zero-order valence-electron chi connectivity index (χ0n) is 28.5. The van der Waals surface area contributed by atoms with Gasteiger partial charge in [-0.2, -0.15) is 0 Å². The summed E-state index contributed by atoms with van der Waals surface area (Å²) in [5.41, 5.74) is 7.12. The number of fused-ring (bicyclic) bond motifs is 2. The lowest BCUT2D eigenvalue weighted by Gasteiger charge is -2.34. The molecule has 1 N–H and O–H groups in total. The van der Waals surface area contributed by atoms with E-state index in [0.29, 0.717) is 47.1 Å². The van der Waals surface area contributed by atoms with Gasteiger partial charge in [-0.3, -0.25) is 0 Å². The molecule has 0 aliphatic carbocycles. The lowest BCUT2D eigenvalue weighted by Crippen LogP contribution is -2.44. The highest BCUT2D eigenvalue weighted by Crippen LogP contribution is 2.39. The predicted octanol–water partition coefficient (Wildman–Crippen LogP) is 5.19. The molecule has 49 heavy (non-hydrogen) atoms. The number of pyridine rings is 2. The van der Waals surface area contributed by atoms with Gasteiger partial charge in [0.1, 0.15) is 5.52 Å². The highest BCUT2D eigenvalue weighted by Gasteiger charge is 2.28. The molecule has 5 heterocycles. The molecule has 0 radical (unpaired) electrons. The van der Waals surface area contributed by atoms with E-state index in [4.69, 9.17) is 14.5 Å². The van der Waals surface area contributed by atoms with Gasteiger partial charge in [-0.25, -0.2) is 22.4 Å². The van der Waals surface area contributed by atoms with Crippen LogP contribution in [0.5, 0.6) is 11.6 Å². The molecule has 2 aromatic carbocycles. The number of rotatable bonds is 10. The van der Waals surface area contributed by atoms with Crippen LogP contribution in [0.15, 0.2) is 84.0 Å². The average molecular weight is 680 g/mol. The normalized spacial score (nSPS) is 14.2. The second-order valence-electron chi connectivity index (χ2n) is 12.6. The minimum absolute atomic E-state index is 0.176. The summed E-state index contributed by atoms with van der Waals surface area (Å²) in [5.74, 6) is 0.797. The first-order valence-corrected chi connectivity index (χ1v) is 17.7. The third-order valence-corrected chi connectivity index (χ3v) is 11.1.